The Morgan fingerprint density at radius 2 is 1.57 bits per heavy atom. The fourth-order valence-electron chi connectivity index (χ4n) is 4.90. The molecule has 0 unspecified atom stereocenters. The zero-order valence-corrected chi connectivity index (χ0v) is 17.8. The topological polar surface area (TPSA) is 41.5 Å². The number of ether oxygens (including phenoxy) is 1. The van der Waals surface area contributed by atoms with Crippen LogP contribution >= 0.6 is 0 Å². The summed E-state index contributed by atoms with van der Waals surface area (Å²) in [4.78, 5) is 15.1. The molecule has 5 nitrogen and oxygen atoms in total. The zero-order valence-electron chi connectivity index (χ0n) is 17.8. The smallest absolute Gasteiger partial charge is 0.162 e. The molecule has 0 bridgehead atoms. The van der Waals surface area contributed by atoms with Crippen LogP contribution in [0, 0.1) is 0 Å². The molecular weight excluding hydrogens is 372 g/mol. The van der Waals surface area contributed by atoms with Crippen LogP contribution in [0.25, 0.3) is 22.3 Å². The standard InChI is InChI=1S/C25H30N4O/c1-30-21-11-9-19(10-12-21)24-26-23-8-4-3-7-22(23)25(27-24)29-17-13-20(14-18-29)28-15-5-2-6-16-28/h3-4,7-12,20H,2,5-6,13-18H2,1H3. The molecule has 0 spiro atoms. The van der Waals surface area contributed by atoms with Crippen molar-refractivity contribution in [1.82, 2.24) is 14.9 Å². The Labute approximate surface area is 178 Å². The van der Waals surface area contributed by atoms with Crippen molar-refractivity contribution in [2.24, 2.45) is 0 Å². The van der Waals surface area contributed by atoms with Gasteiger partial charge in [0.15, 0.2) is 5.82 Å². The first-order valence-corrected chi connectivity index (χ1v) is 11.2. The van der Waals surface area contributed by atoms with Crippen molar-refractivity contribution in [2.75, 3.05) is 38.2 Å². The van der Waals surface area contributed by atoms with Crippen LogP contribution in [0.3, 0.4) is 0 Å². The third-order valence-electron chi connectivity index (χ3n) is 6.60. The van der Waals surface area contributed by atoms with Crippen LogP contribution in [-0.2, 0) is 0 Å². The lowest BCUT2D eigenvalue weighted by molar-refractivity contribution is 0.141. The number of aromatic nitrogens is 2. The molecule has 156 valence electrons. The van der Waals surface area contributed by atoms with Crippen molar-refractivity contribution in [3.8, 4) is 17.1 Å². The predicted molar refractivity (Wildman–Crippen MR) is 122 cm³/mol. The van der Waals surface area contributed by atoms with E-state index < -0.39 is 0 Å². The minimum atomic E-state index is 0.732. The van der Waals surface area contributed by atoms with E-state index in [0.29, 0.717) is 0 Å². The van der Waals surface area contributed by atoms with Gasteiger partial charge in [-0.25, -0.2) is 9.97 Å². The van der Waals surface area contributed by atoms with E-state index in [1.54, 1.807) is 7.11 Å². The van der Waals surface area contributed by atoms with Crippen LogP contribution in [0.15, 0.2) is 48.5 Å². The van der Waals surface area contributed by atoms with Crippen molar-refractivity contribution in [1.29, 1.82) is 0 Å². The molecule has 0 amide bonds. The molecule has 30 heavy (non-hydrogen) atoms. The predicted octanol–water partition coefficient (Wildman–Crippen LogP) is 4.76. The molecule has 0 N–H and O–H groups in total. The largest absolute Gasteiger partial charge is 0.497 e. The number of nitrogens with zero attached hydrogens (tertiary/aromatic N) is 4. The van der Waals surface area contributed by atoms with Gasteiger partial charge in [0.2, 0.25) is 0 Å². The monoisotopic (exact) mass is 402 g/mol. The Kier molecular flexibility index (Phi) is 5.54. The molecular formula is C25H30N4O. The van der Waals surface area contributed by atoms with E-state index in [2.05, 4.69) is 34.1 Å². The summed E-state index contributed by atoms with van der Waals surface area (Å²) in [7, 11) is 1.69. The van der Waals surface area contributed by atoms with Crippen molar-refractivity contribution in [3.63, 3.8) is 0 Å². The molecule has 0 atom stereocenters. The van der Waals surface area contributed by atoms with Crippen molar-refractivity contribution in [3.05, 3.63) is 48.5 Å². The van der Waals surface area contributed by atoms with Gasteiger partial charge >= 0.3 is 0 Å². The van der Waals surface area contributed by atoms with Gasteiger partial charge in [-0.05, 0) is 75.2 Å². The lowest BCUT2D eigenvalue weighted by Gasteiger charge is -2.40. The van der Waals surface area contributed by atoms with Gasteiger partial charge in [0.1, 0.15) is 11.6 Å². The second-order valence-corrected chi connectivity index (χ2v) is 8.43. The normalized spacial score (nSPS) is 18.6. The van der Waals surface area contributed by atoms with E-state index >= 15 is 0 Å². The van der Waals surface area contributed by atoms with Crippen LogP contribution in [-0.4, -0.2) is 54.2 Å². The van der Waals surface area contributed by atoms with Crippen molar-refractivity contribution in [2.45, 2.75) is 38.1 Å². The first kappa shape index (κ1) is 19.3. The maximum Gasteiger partial charge on any atom is 0.162 e. The molecule has 3 heterocycles. The molecule has 5 heteroatoms. The van der Waals surface area contributed by atoms with Gasteiger partial charge in [-0.3, -0.25) is 0 Å². The Morgan fingerprint density at radius 3 is 2.30 bits per heavy atom. The number of anilines is 1. The van der Waals surface area contributed by atoms with Crippen LogP contribution in [0.4, 0.5) is 5.82 Å². The molecule has 0 radical (unpaired) electrons. The van der Waals surface area contributed by atoms with Crippen LogP contribution in [0.5, 0.6) is 5.75 Å². The van der Waals surface area contributed by atoms with Crippen LogP contribution < -0.4 is 9.64 Å². The average molecular weight is 403 g/mol. The van der Waals surface area contributed by atoms with Gasteiger partial charge in [0, 0.05) is 30.1 Å². The maximum atomic E-state index is 5.30. The number of para-hydroxylation sites is 1. The minimum absolute atomic E-state index is 0.732. The van der Waals surface area contributed by atoms with E-state index in [9.17, 15) is 0 Å². The van der Waals surface area contributed by atoms with Gasteiger partial charge < -0.3 is 14.5 Å². The number of hydrogen-bond acceptors (Lipinski definition) is 5. The lowest BCUT2D eigenvalue weighted by atomic mass is 9.99. The highest BCUT2D eigenvalue weighted by Crippen LogP contribution is 2.31. The van der Waals surface area contributed by atoms with Gasteiger partial charge in [0.25, 0.3) is 0 Å². The summed E-state index contributed by atoms with van der Waals surface area (Å²) in [5.41, 5.74) is 2.03. The minimum Gasteiger partial charge on any atom is -0.497 e. The van der Waals surface area contributed by atoms with E-state index in [0.717, 1.165) is 53.0 Å². The zero-order chi connectivity index (χ0) is 20.3. The second kappa shape index (κ2) is 8.60. The molecule has 2 saturated heterocycles. The van der Waals surface area contributed by atoms with Crippen molar-refractivity contribution < 1.29 is 4.74 Å². The lowest BCUT2D eigenvalue weighted by Crippen LogP contribution is -2.47. The molecule has 3 aromatic rings. The molecule has 2 aliphatic rings. The summed E-state index contributed by atoms with van der Waals surface area (Å²) < 4.78 is 5.30. The summed E-state index contributed by atoms with van der Waals surface area (Å²) in [5, 5.41) is 1.14. The number of methoxy groups -OCH3 is 1. The summed E-state index contributed by atoms with van der Waals surface area (Å²) in [6.45, 7) is 4.68. The van der Waals surface area contributed by atoms with Crippen molar-refractivity contribution >= 4 is 16.7 Å². The number of hydrogen-bond donors (Lipinski definition) is 0. The molecule has 0 aliphatic carbocycles. The summed E-state index contributed by atoms with van der Waals surface area (Å²) in [6, 6.07) is 17.1. The molecule has 1 aromatic heterocycles. The third kappa shape index (κ3) is 3.86. The Morgan fingerprint density at radius 1 is 0.833 bits per heavy atom. The summed E-state index contributed by atoms with van der Waals surface area (Å²) in [5.74, 6) is 2.70. The Hall–Kier alpha value is -2.66. The molecule has 2 fully saturated rings. The number of fused-ring (bicyclic) bond motifs is 1. The third-order valence-corrected chi connectivity index (χ3v) is 6.60. The Balaban J connectivity index is 1.43. The molecule has 2 aliphatic heterocycles. The number of likely N-dealkylation sites (tertiary alicyclic amines) is 1. The number of benzene rings is 2. The highest BCUT2D eigenvalue weighted by atomic mass is 16.5. The van der Waals surface area contributed by atoms with Gasteiger partial charge in [-0.2, -0.15) is 0 Å². The second-order valence-electron chi connectivity index (χ2n) is 8.43. The molecule has 0 saturated carbocycles. The molecule has 2 aromatic carbocycles. The highest BCUT2D eigenvalue weighted by Gasteiger charge is 2.27. The molecule has 5 rings (SSSR count). The van der Waals surface area contributed by atoms with Gasteiger partial charge in [0.05, 0.1) is 12.6 Å². The highest BCUT2D eigenvalue weighted by molar-refractivity contribution is 5.91. The fourth-order valence-corrected chi connectivity index (χ4v) is 4.90. The maximum absolute atomic E-state index is 5.30. The van der Waals surface area contributed by atoms with Gasteiger partial charge in [-0.1, -0.05) is 18.6 Å². The van der Waals surface area contributed by atoms with E-state index in [-0.39, 0.29) is 0 Å². The van der Waals surface area contributed by atoms with Crippen LogP contribution in [0.2, 0.25) is 0 Å². The summed E-state index contributed by atoms with van der Waals surface area (Å²) in [6.07, 6.45) is 6.56. The summed E-state index contributed by atoms with van der Waals surface area (Å²) >= 11 is 0. The van der Waals surface area contributed by atoms with Crippen LogP contribution in [0.1, 0.15) is 32.1 Å². The SMILES string of the molecule is COc1ccc(-c2nc(N3CCC(N4CCCCC4)CC3)c3ccccc3n2)cc1. The number of piperidine rings is 2. The van der Waals surface area contributed by atoms with E-state index in [1.165, 1.54) is 45.2 Å². The average Bonchev–Trinajstić information content (AvgIpc) is 2.84. The van der Waals surface area contributed by atoms with Gasteiger partial charge in [-0.15, -0.1) is 0 Å². The Bertz CT molecular complexity index is 990. The van der Waals surface area contributed by atoms with E-state index in [1.807, 2.05) is 24.3 Å². The number of rotatable bonds is 4. The quantitative estimate of drug-likeness (QED) is 0.629. The first-order chi connectivity index (χ1) is 14.8. The fraction of sp³-hybridized carbons (Fsp3) is 0.440. The first-order valence-electron chi connectivity index (χ1n) is 11.2. The van der Waals surface area contributed by atoms with E-state index in [4.69, 9.17) is 14.7 Å².